The van der Waals surface area contributed by atoms with E-state index in [0.29, 0.717) is 19.4 Å². The highest BCUT2D eigenvalue weighted by atomic mass is 16.5. The number of aliphatic hydroxyl groups excluding tert-OH is 2. The van der Waals surface area contributed by atoms with Crippen LogP contribution < -0.4 is 5.32 Å². The van der Waals surface area contributed by atoms with Crippen molar-refractivity contribution < 1.29 is 24.5 Å². The molecule has 6 heteroatoms. The largest absolute Gasteiger partial charge is 0.466 e. The molecule has 0 aromatic carbocycles. The van der Waals surface area contributed by atoms with Crippen molar-refractivity contribution in [2.75, 3.05) is 13.2 Å². The Morgan fingerprint density at radius 2 is 0.614 bits per heavy atom. The van der Waals surface area contributed by atoms with E-state index in [9.17, 15) is 19.8 Å². The number of amides is 1. The SMILES string of the molecule is CCCC/C=C\C/C=C\CCCCCCCC(=O)OCCCCCCCCCCCCCC/C=C\CCCCCCCCCCCCCCCCCC(=O)NC(CO)C(O)/C=C/CCCCCCCCCCCCCCCCCCCCC. The van der Waals surface area contributed by atoms with Crippen LogP contribution >= 0.6 is 0 Å². The highest BCUT2D eigenvalue weighted by molar-refractivity contribution is 5.76. The summed E-state index contributed by atoms with van der Waals surface area (Å²) in [5, 5.41) is 23.3. The van der Waals surface area contributed by atoms with Gasteiger partial charge in [0, 0.05) is 12.8 Å². The fraction of sp³-hybridized carbons (Fsp3) is 0.870. The topological polar surface area (TPSA) is 95.9 Å². The molecule has 6 nitrogen and oxygen atoms in total. The molecule has 3 N–H and O–H groups in total. The van der Waals surface area contributed by atoms with E-state index in [1.165, 1.54) is 327 Å². The molecular weight excluding hydrogens is 1020 g/mol. The Bertz CT molecular complexity index is 1390. The maximum Gasteiger partial charge on any atom is 0.305 e. The fourth-order valence-corrected chi connectivity index (χ4v) is 11.6. The zero-order valence-corrected chi connectivity index (χ0v) is 55.9. The number of allylic oxidation sites excluding steroid dienone is 7. The Labute approximate surface area is 518 Å². The molecule has 2 unspecified atom stereocenters. The molecular formula is C77H145NO5. The number of hydrogen-bond donors (Lipinski definition) is 3. The summed E-state index contributed by atoms with van der Waals surface area (Å²) in [7, 11) is 0. The van der Waals surface area contributed by atoms with E-state index in [1.54, 1.807) is 6.08 Å². The van der Waals surface area contributed by atoms with Crippen LogP contribution in [0.2, 0.25) is 0 Å². The van der Waals surface area contributed by atoms with Crippen molar-refractivity contribution >= 4 is 11.9 Å². The van der Waals surface area contributed by atoms with Gasteiger partial charge in [0.05, 0.1) is 25.4 Å². The van der Waals surface area contributed by atoms with Crippen molar-refractivity contribution in [1.29, 1.82) is 0 Å². The van der Waals surface area contributed by atoms with Crippen molar-refractivity contribution in [3.05, 3.63) is 48.6 Å². The van der Waals surface area contributed by atoms with E-state index in [-0.39, 0.29) is 18.5 Å². The Hall–Kier alpha value is -2.18. The molecule has 0 aliphatic carbocycles. The molecule has 0 rings (SSSR count). The summed E-state index contributed by atoms with van der Waals surface area (Å²) in [6, 6.07) is -0.628. The van der Waals surface area contributed by atoms with Crippen molar-refractivity contribution in [2.24, 2.45) is 0 Å². The summed E-state index contributed by atoms with van der Waals surface area (Å²) in [6.07, 6.45) is 95.0. The molecule has 0 aliphatic rings. The summed E-state index contributed by atoms with van der Waals surface area (Å²) in [4.78, 5) is 24.6. The molecule has 0 spiro atoms. The van der Waals surface area contributed by atoms with Gasteiger partial charge < -0.3 is 20.3 Å². The van der Waals surface area contributed by atoms with Crippen molar-refractivity contribution in [1.82, 2.24) is 5.32 Å². The van der Waals surface area contributed by atoms with Gasteiger partial charge >= 0.3 is 5.97 Å². The van der Waals surface area contributed by atoms with E-state index in [1.807, 2.05) is 6.08 Å². The lowest BCUT2D eigenvalue weighted by Crippen LogP contribution is -2.45. The molecule has 2 atom stereocenters. The normalized spacial score (nSPS) is 12.8. The lowest BCUT2D eigenvalue weighted by Gasteiger charge is -2.20. The van der Waals surface area contributed by atoms with E-state index < -0.39 is 12.1 Å². The molecule has 0 aliphatic heterocycles. The Morgan fingerprint density at radius 1 is 0.337 bits per heavy atom. The first-order valence-corrected chi connectivity index (χ1v) is 37.4. The van der Waals surface area contributed by atoms with Crippen LogP contribution in [0.5, 0.6) is 0 Å². The molecule has 0 saturated heterocycles. The van der Waals surface area contributed by atoms with Crippen LogP contribution in [0, 0.1) is 0 Å². The summed E-state index contributed by atoms with van der Waals surface area (Å²) in [6.45, 7) is 4.89. The number of carbonyl (C=O) groups excluding carboxylic acids is 2. The first-order chi connectivity index (χ1) is 41.0. The highest BCUT2D eigenvalue weighted by Gasteiger charge is 2.18. The van der Waals surface area contributed by atoms with Gasteiger partial charge in [-0.1, -0.05) is 358 Å². The Kier molecular flexibility index (Phi) is 70.4. The van der Waals surface area contributed by atoms with Crippen LogP contribution in [-0.2, 0) is 14.3 Å². The second-order valence-electron chi connectivity index (χ2n) is 25.6. The maximum atomic E-state index is 12.5. The van der Waals surface area contributed by atoms with Crippen molar-refractivity contribution in [3.63, 3.8) is 0 Å². The van der Waals surface area contributed by atoms with Gasteiger partial charge in [0.25, 0.3) is 0 Å². The summed E-state index contributed by atoms with van der Waals surface area (Å²) in [5.74, 6) is -0.0593. The molecule has 1 amide bonds. The molecule has 0 fully saturated rings. The molecule has 0 radical (unpaired) electrons. The van der Waals surface area contributed by atoms with Crippen LogP contribution in [0.25, 0.3) is 0 Å². The quantitative estimate of drug-likeness (QED) is 0.0320. The van der Waals surface area contributed by atoms with Gasteiger partial charge in [-0.25, -0.2) is 0 Å². The second-order valence-corrected chi connectivity index (χ2v) is 25.6. The minimum absolute atomic E-state index is 0.00294. The smallest absolute Gasteiger partial charge is 0.305 e. The number of aliphatic hydroxyl groups is 2. The molecule has 83 heavy (non-hydrogen) atoms. The standard InChI is InChI=1S/C77H145NO5/c1-3-5-7-9-11-13-15-17-19-20-21-33-36-39-42-45-49-53-57-61-65-69-75(80)74(73-79)78-76(81)70-66-62-58-54-50-46-43-40-37-34-31-29-27-25-23-22-24-26-28-30-32-35-38-41-44-48-52-56-60-64-68-72-83-77(82)71-67-63-59-55-51-47-18-16-14-12-10-8-6-4-2/h10,12,16,18,24,26,65,69,74-75,79-80H,3-9,11,13-15,17,19-23,25,27-64,66-68,70-73H2,1-2H3,(H,78,81)/b12-10-,18-16-,26-24-,69-65+. The molecule has 0 heterocycles. The van der Waals surface area contributed by atoms with E-state index >= 15 is 0 Å². The lowest BCUT2D eigenvalue weighted by atomic mass is 10.0. The number of unbranched alkanes of at least 4 members (excludes halogenated alkanes) is 53. The minimum atomic E-state index is -0.845. The van der Waals surface area contributed by atoms with Crippen LogP contribution in [0.4, 0.5) is 0 Å². The second kappa shape index (κ2) is 72.3. The monoisotopic (exact) mass is 1160 g/mol. The number of ether oxygens (including phenoxy) is 1. The summed E-state index contributed by atoms with van der Waals surface area (Å²) >= 11 is 0. The third-order valence-electron chi connectivity index (χ3n) is 17.3. The van der Waals surface area contributed by atoms with Gasteiger partial charge in [0.15, 0.2) is 0 Å². The van der Waals surface area contributed by atoms with E-state index in [4.69, 9.17) is 4.74 Å². The maximum absolute atomic E-state index is 12.5. The van der Waals surface area contributed by atoms with Gasteiger partial charge in [-0.3, -0.25) is 9.59 Å². The molecule has 0 aromatic heterocycles. The molecule has 0 saturated carbocycles. The number of esters is 1. The first-order valence-electron chi connectivity index (χ1n) is 37.4. The molecule has 0 aromatic rings. The highest BCUT2D eigenvalue weighted by Crippen LogP contribution is 2.19. The fourth-order valence-electron chi connectivity index (χ4n) is 11.6. The average molecular weight is 1170 g/mol. The van der Waals surface area contributed by atoms with Gasteiger partial charge in [0.1, 0.15) is 0 Å². The third-order valence-corrected chi connectivity index (χ3v) is 17.3. The van der Waals surface area contributed by atoms with Gasteiger partial charge in [-0.05, 0) is 83.5 Å². The summed E-state index contributed by atoms with van der Waals surface area (Å²) in [5.41, 5.74) is 0. The van der Waals surface area contributed by atoms with Crippen LogP contribution in [0.1, 0.15) is 406 Å². The van der Waals surface area contributed by atoms with Gasteiger partial charge in [0.2, 0.25) is 5.91 Å². The Balaban J connectivity index is 3.39. The number of carbonyl (C=O) groups is 2. The third kappa shape index (κ3) is 68.8. The predicted octanol–water partition coefficient (Wildman–Crippen LogP) is 24.4. The number of nitrogens with one attached hydrogen (secondary N) is 1. The van der Waals surface area contributed by atoms with E-state index in [2.05, 4.69) is 55.6 Å². The molecule has 488 valence electrons. The van der Waals surface area contributed by atoms with Crippen molar-refractivity contribution in [3.8, 4) is 0 Å². The zero-order chi connectivity index (χ0) is 59.9. The number of hydrogen-bond acceptors (Lipinski definition) is 5. The lowest BCUT2D eigenvalue weighted by molar-refractivity contribution is -0.143. The van der Waals surface area contributed by atoms with Crippen LogP contribution in [0.3, 0.4) is 0 Å². The number of rotatable bonds is 70. The van der Waals surface area contributed by atoms with E-state index in [0.717, 1.165) is 51.4 Å². The van der Waals surface area contributed by atoms with Gasteiger partial charge in [-0.15, -0.1) is 0 Å². The summed E-state index contributed by atoms with van der Waals surface area (Å²) < 4.78 is 5.48. The van der Waals surface area contributed by atoms with Gasteiger partial charge in [-0.2, -0.15) is 0 Å². The zero-order valence-electron chi connectivity index (χ0n) is 55.9. The predicted molar refractivity (Wildman–Crippen MR) is 366 cm³/mol. The average Bonchev–Trinajstić information content (AvgIpc) is 3.49. The van der Waals surface area contributed by atoms with Crippen LogP contribution in [-0.4, -0.2) is 47.4 Å². The molecule has 0 bridgehead atoms. The minimum Gasteiger partial charge on any atom is -0.466 e. The van der Waals surface area contributed by atoms with Crippen molar-refractivity contribution in [2.45, 2.75) is 418 Å². The first kappa shape index (κ1) is 80.8. The van der Waals surface area contributed by atoms with Crippen LogP contribution in [0.15, 0.2) is 48.6 Å². The Morgan fingerprint density at radius 3 is 0.964 bits per heavy atom.